The van der Waals surface area contributed by atoms with Gasteiger partial charge in [-0.2, -0.15) is 0 Å². The smallest absolute Gasteiger partial charge is 0.249 e. The van der Waals surface area contributed by atoms with E-state index in [-0.39, 0.29) is 24.2 Å². The van der Waals surface area contributed by atoms with Crippen LogP contribution in [0, 0.1) is 5.92 Å². The van der Waals surface area contributed by atoms with Crippen LogP contribution in [0.25, 0.3) is 0 Å². The highest BCUT2D eigenvalue weighted by Crippen LogP contribution is 2.14. The average Bonchev–Trinajstić information content (AvgIpc) is 2.63. The highest BCUT2D eigenvalue weighted by Gasteiger charge is 2.25. The minimum Gasteiger partial charge on any atom is -0.371 e. The number of Topliss-reactive ketones (excluding diaryl/α,β-unsaturated/α-hetero) is 1. The van der Waals surface area contributed by atoms with Crippen molar-refractivity contribution in [2.75, 3.05) is 20.6 Å². The fourth-order valence-corrected chi connectivity index (χ4v) is 2.54. The molecule has 0 heterocycles. The molecule has 1 aromatic carbocycles. The molecule has 7 nitrogen and oxygen atoms in total. The summed E-state index contributed by atoms with van der Waals surface area (Å²) in [6.45, 7) is 3.44. The summed E-state index contributed by atoms with van der Waals surface area (Å²) in [7, 11) is 3.22. The highest BCUT2D eigenvalue weighted by molar-refractivity contribution is 5.89. The van der Waals surface area contributed by atoms with E-state index in [4.69, 9.17) is 0 Å². The van der Waals surface area contributed by atoms with E-state index < -0.39 is 18.2 Å². The SMILES string of the molecule is CCCC(C)C(=O)C(O)NCC(=O)NC(C(=O)N(C)C)c1ccccc1. The first-order valence-corrected chi connectivity index (χ1v) is 8.78. The highest BCUT2D eigenvalue weighted by atomic mass is 16.3. The van der Waals surface area contributed by atoms with Crippen molar-refractivity contribution in [1.82, 2.24) is 15.5 Å². The number of likely N-dealkylation sites (N-methyl/N-ethyl adjacent to an activating group) is 1. The van der Waals surface area contributed by atoms with Gasteiger partial charge in [-0.3, -0.25) is 19.7 Å². The van der Waals surface area contributed by atoms with Crippen molar-refractivity contribution in [2.24, 2.45) is 5.92 Å². The third-order valence-corrected chi connectivity index (χ3v) is 4.06. The predicted octanol–water partition coefficient (Wildman–Crippen LogP) is 0.845. The Labute approximate surface area is 154 Å². The molecule has 3 N–H and O–H groups in total. The number of nitrogens with zero attached hydrogens (tertiary/aromatic N) is 1. The van der Waals surface area contributed by atoms with Gasteiger partial charge in [-0.1, -0.05) is 50.6 Å². The van der Waals surface area contributed by atoms with Gasteiger partial charge in [0.1, 0.15) is 6.04 Å². The molecule has 0 fully saturated rings. The van der Waals surface area contributed by atoms with Crippen molar-refractivity contribution in [3.63, 3.8) is 0 Å². The van der Waals surface area contributed by atoms with Crippen molar-refractivity contribution < 1.29 is 19.5 Å². The zero-order valence-corrected chi connectivity index (χ0v) is 15.9. The van der Waals surface area contributed by atoms with E-state index in [1.165, 1.54) is 4.90 Å². The van der Waals surface area contributed by atoms with E-state index in [1.54, 1.807) is 45.3 Å². The predicted molar refractivity (Wildman–Crippen MR) is 99.1 cm³/mol. The molecular formula is C19H29N3O4. The molecule has 2 amide bonds. The first-order valence-electron chi connectivity index (χ1n) is 8.78. The second-order valence-corrected chi connectivity index (χ2v) is 6.52. The molecule has 26 heavy (non-hydrogen) atoms. The van der Waals surface area contributed by atoms with Gasteiger partial charge in [0.2, 0.25) is 11.8 Å². The lowest BCUT2D eigenvalue weighted by atomic mass is 10.00. The van der Waals surface area contributed by atoms with Crippen LogP contribution >= 0.6 is 0 Å². The second kappa shape index (κ2) is 10.7. The van der Waals surface area contributed by atoms with Crippen LogP contribution in [0.3, 0.4) is 0 Å². The fraction of sp³-hybridized carbons (Fsp3) is 0.526. The molecular weight excluding hydrogens is 334 g/mol. The number of carbonyl (C=O) groups is 3. The summed E-state index contributed by atoms with van der Waals surface area (Å²) < 4.78 is 0. The lowest BCUT2D eigenvalue weighted by Crippen LogP contribution is -2.47. The van der Waals surface area contributed by atoms with Crippen LogP contribution in [0.2, 0.25) is 0 Å². The van der Waals surface area contributed by atoms with Crippen LogP contribution in [0.4, 0.5) is 0 Å². The fourth-order valence-electron chi connectivity index (χ4n) is 2.54. The molecule has 1 aromatic rings. The Kier molecular flexibility index (Phi) is 8.95. The molecule has 0 saturated carbocycles. The molecule has 7 heteroatoms. The van der Waals surface area contributed by atoms with Gasteiger partial charge in [-0.15, -0.1) is 0 Å². The van der Waals surface area contributed by atoms with Gasteiger partial charge in [0.25, 0.3) is 0 Å². The Morgan fingerprint density at radius 3 is 2.31 bits per heavy atom. The number of hydrogen-bond donors (Lipinski definition) is 3. The zero-order chi connectivity index (χ0) is 19.7. The number of ketones is 1. The van der Waals surface area contributed by atoms with E-state index in [0.717, 1.165) is 6.42 Å². The minimum atomic E-state index is -1.40. The van der Waals surface area contributed by atoms with Crippen LogP contribution < -0.4 is 10.6 Å². The average molecular weight is 363 g/mol. The third kappa shape index (κ3) is 6.57. The number of aliphatic hydroxyl groups is 1. The number of benzene rings is 1. The summed E-state index contributed by atoms with van der Waals surface area (Å²) in [5.41, 5.74) is 0.660. The van der Waals surface area contributed by atoms with Gasteiger partial charge in [-0.05, 0) is 12.0 Å². The lowest BCUT2D eigenvalue weighted by molar-refractivity contribution is -0.136. The molecule has 3 atom stereocenters. The van der Waals surface area contributed by atoms with Crippen LogP contribution in [-0.2, 0) is 14.4 Å². The molecule has 0 spiro atoms. The van der Waals surface area contributed by atoms with E-state index in [2.05, 4.69) is 10.6 Å². The van der Waals surface area contributed by atoms with Crippen molar-refractivity contribution >= 4 is 17.6 Å². The summed E-state index contributed by atoms with van der Waals surface area (Å²) in [6, 6.07) is 8.08. The standard InChI is InChI=1S/C19H29N3O4/c1-5-9-13(2)17(24)18(25)20-12-15(23)21-16(19(26)22(3)4)14-10-7-6-8-11-14/h6-8,10-11,13,16,18,20,25H,5,9,12H2,1-4H3,(H,21,23). The van der Waals surface area contributed by atoms with Crippen molar-refractivity contribution in [1.29, 1.82) is 0 Å². The number of carbonyl (C=O) groups excluding carboxylic acids is 3. The van der Waals surface area contributed by atoms with E-state index in [1.807, 2.05) is 13.0 Å². The summed E-state index contributed by atoms with van der Waals surface area (Å²) in [4.78, 5) is 38.0. The minimum absolute atomic E-state index is 0.266. The molecule has 0 aliphatic carbocycles. The molecule has 0 aliphatic heterocycles. The number of aliphatic hydroxyl groups excluding tert-OH is 1. The summed E-state index contributed by atoms with van der Waals surface area (Å²) in [6.07, 6.45) is 0.116. The Morgan fingerprint density at radius 1 is 1.15 bits per heavy atom. The first-order chi connectivity index (χ1) is 12.3. The first kappa shape index (κ1) is 21.8. The summed E-state index contributed by atoms with van der Waals surface area (Å²) >= 11 is 0. The quantitative estimate of drug-likeness (QED) is 0.535. The molecule has 0 aliphatic rings. The maximum Gasteiger partial charge on any atom is 0.249 e. The number of amides is 2. The van der Waals surface area contributed by atoms with E-state index >= 15 is 0 Å². The van der Waals surface area contributed by atoms with Crippen molar-refractivity contribution in [2.45, 2.75) is 39.0 Å². The molecule has 0 bridgehead atoms. The molecule has 144 valence electrons. The molecule has 0 saturated heterocycles. The van der Waals surface area contributed by atoms with Crippen molar-refractivity contribution in [3.05, 3.63) is 35.9 Å². The van der Waals surface area contributed by atoms with Gasteiger partial charge < -0.3 is 15.3 Å². The molecule has 3 unspecified atom stereocenters. The number of hydrogen-bond acceptors (Lipinski definition) is 5. The van der Waals surface area contributed by atoms with Crippen LogP contribution in [0.15, 0.2) is 30.3 Å². The van der Waals surface area contributed by atoms with Gasteiger partial charge in [0, 0.05) is 20.0 Å². The molecule has 1 rings (SSSR count). The normalized spacial score (nSPS) is 14.2. The van der Waals surface area contributed by atoms with E-state index in [9.17, 15) is 19.5 Å². The Balaban J connectivity index is 2.67. The van der Waals surface area contributed by atoms with Crippen LogP contribution in [0.1, 0.15) is 38.3 Å². The number of nitrogens with one attached hydrogen (secondary N) is 2. The largest absolute Gasteiger partial charge is 0.371 e. The lowest BCUT2D eigenvalue weighted by Gasteiger charge is -2.22. The maximum atomic E-state index is 12.4. The zero-order valence-electron chi connectivity index (χ0n) is 15.9. The van der Waals surface area contributed by atoms with Crippen LogP contribution in [-0.4, -0.2) is 54.5 Å². The van der Waals surface area contributed by atoms with Gasteiger partial charge in [-0.25, -0.2) is 0 Å². The molecule has 0 aromatic heterocycles. The third-order valence-electron chi connectivity index (χ3n) is 4.06. The summed E-state index contributed by atoms with van der Waals surface area (Å²) in [5.74, 6) is -1.37. The van der Waals surface area contributed by atoms with Gasteiger partial charge in [0.05, 0.1) is 6.54 Å². The second-order valence-electron chi connectivity index (χ2n) is 6.52. The van der Waals surface area contributed by atoms with Gasteiger partial charge in [0.15, 0.2) is 12.0 Å². The van der Waals surface area contributed by atoms with Crippen molar-refractivity contribution in [3.8, 4) is 0 Å². The summed E-state index contributed by atoms with van der Waals surface area (Å²) in [5, 5.41) is 15.1. The Bertz CT molecular complexity index is 604. The topological polar surface area (TPSA) is 98.7 Å². The molecule has 0 radical (unpaired) electrons. The Hall–Kier alpha value is -2.25. The number of rotatable bonds is 10. The Morgan fingerprint density at radius 2 is 1.77 bits per heavy atom. The van der Waals surface area contributed by atoms with Crippen LogP contribution in [0.5, 0.6) is 0 Å². The van der Waals surface area contributed by atoms with Gasteiger partial charge >= 0.3 is 0 Å². The maximum absolute atomic E-state index is 12.4. The van der Waals surface area contributed by atoms with E-state index in [0.29, 0.717) is 12.0 Å². The monoisotopic (exact) mass is 363 g/mol.